The zero-order valence-corrected chi connectivity index (χ0v) is 12.9. The van der Waals surface area contributed by atoms with Gasteiger partial charge in [0.15, 0.2) is 0 Å². The molecule has 0 aromatic heterocycles. The Morgan fingerprint density at radius 2 is 1.50 bits per heavy atom. The lowest BCUT2D eigenvalue weighted by molar-refractivity contribution is 0.0967. The smallest absolute Gasteiger partial charge is 0.0657 e. The lowest BCUT2D eigenvalue weighted by atomic mass is 10.1. The van der Waals surface area contributed by atoms with Crippen molar-refractivity contribution in [2.75, 3.05) is 26.2 Å². The molecule has 3 heteroatoms. The predicted molar refractivity (Wildman–Crippen MR) is 77.8 cm³/mol. The number of nitrogens with zero attached hydrogens (tertiary/aromatic N) is 2. The fourth-order valence-electron chi connectivity index (χ4n) is 3.35. The van der Waals surface area contributed by atoms with E-state index >= 15 is 0 Å². The van der Waals surface area contributed by atoms with E-state index < -0.39 is 0 Å². The first-order chi connectivity index (χ1) is 8.29. The molecule has 2 fully saturated rings. The summed E-state index contributed by atoms with van der Waals surface area (Å²) in [6, 6.07) is 0.653. The lowest BCUT2D eigenvalue weighted by Gasteiger charge is -2.39. The van der Waals surface area contributed by atoms with Gasteiger partial charge in [0.1, 0.15) is 0 Å². The monoisotopic (exact) mass is 253 g/mol. The van der Waals surface area contributed by atoms with Crippen molar-refractivity contribution in [2.45, 2.75) is 71.1 Å². The molecule has 2 aliphatic heterocycles. The Kier molecular flexibility index (Phi) is 4.05. The van der Waals surface area contributed by atoms with Gasteiger partial charge in [-0.3, -0.25) is 15.1 Å². The Hall–Kier alpha value is -0.120. The molecule has 0 aliphatic carbocycles. The van der Waals surface area contributed by atoms with E-state index in [1.807, 2.05) is 0 Å². The van der Waals surface area contributed by atoms with E-state index in [0.29, 0.717) is 11.6 Å². The molecule has 0 aromatic rings. The highest BCUT2D eigenvalue weighted by atomic mass is 15.3. The van der Waals surface area contributed by atoms with Crippen molar-refractivity contribution in [1.29, 1.82) is 0 Å². The number of rotatable bonds is 3. The molecule has 0 spiro atoms. The fourth-order valence-corrected chi connectivity index (χ4v) is 3.35. The number of likely N-dealkylation sites (tertiary alicyclic amines) is 2. The van der Waals surface area contributed by atoms with Crippen molar-refractivity contribution in [3.63, 3.8) is 0 Å². The first kappa shape index (κ1) is 14.3. The normalized spacial score (nSPS) is 28.2. The summed E-state index contributed by atoms with van der Waals surface area (Å²) in [5.74, 6) is 0. The van der Waals surface area contributed by atoms with E-state index in [1.54, 1.807) is 0 Å². The Bertz CT molecular complexity index is 274. The summed E-state index contributed by atoms with van der Waals surface area (Å²) >= 11 is 0. The van der Waals surface area contributed by atoms with Crippen LogP contribution in [0.4, 0.5) is 0 Å². The standard InChI is InChI=1S/C15H31N3/c1-14(2,3)18-11-8-13(12-18)16-15(4,5)17-9-6-7-10-17/h13,16H,6-12H2,1-5H3. The van der Waals surface area contributed by atoms with Crippen LogP contribution in [-0.2, 0) is 0 Å². The molecular formula is C15H31N3. The molecular weight excluding hydrogens is 222 g/mol. The maximum atomic E-state index is 3.88. The first-order valence-corrected chi connectivity index (χ1v) is 7.57. The highest BCUT2D eigenvalue weighted by Gasteiger charge is 2.35. The molecule has 0 aromatic carbocycles. The second-order valence-corrected chi connectivity index (χ2v) is 7.50. The fraction of sp³-hybridized carbons (Fsp3) is 1.00. The third kappa shape index (κ3) is 3.25. The quantitative estimate of drug-likeness (QED) is 0.832. The first-order valence-electron chi connectivity index (χ1n) is 7.57. The molecule has 0 amide bonds. The maximum absolute atomic E-state index is 3.88. The predicted octanol–water partition coefficient (Wildman–Crippen LogP) is 2.28. The van der Waals surface area contributed by atoms with E-state index in [0.717, 1.165) is 0 Å². The SMILES string of the molecule is CC(C)(C)N1CCC(NC(C)(C)N2CCCC2)C1. The van der Waals surface area contributed by atoms with Gasteiger partial charge in [-0.2, -0.15) is 0 Å². The van der Waals surface area contributed by atoms with Crippen molar-refractivity contribution in [3.05, 3.63) is 0 Å². The van der Waals surface area contributed by atoms with Gasteiger partial charge in [-0.05, 0) is 67.0 Å². The van der Waals surface area contributed by atoms with Crippen LogP contribution in [0.5, 0.6) is 0 Å². The summed E-state index contributed by atoms with van der Waals surface area (Å²) in [7, 11) is 0. The number of hydrogen-bond acceptors (Lipinski definition) is 3. The average molecular weight is 253 g/mol. The molecule has 1 atom stereocenters. The molecule has 3 nitrogen and oxygen atoms in total. The van der Waals surface area contributed by atoms with Gasteiger partial charge in [0, 0.05) is 24.7 Å². The summed E-state index contributed by atoms with van der Waals surface area (Å²) in [6.07, 6.45) is 4.02. The van der Waals surface area contributed by atoms with Crippen LogP contribution in [0.3, 0.4) is 0 Å². The van der Waals surface area contributed by atoms with Crippen LogP contribution in [0.25, 0.3) is 0 Å². The van der Waals surface area contributed by atoms with Crippen molar-refractivity contribution in [1.82, 2.24) is 15.1 Å². The molecule has 0 radical (unpaired) electrons. The Morgan fingerprint density at radius 3 is 2.00 bits per heavy atom. The molecule has 0 saturated carbocycles. The Labute approximate surface area is 113 Å². The molecule has 2 rings (SSSR count). The van der Waals surface area contributed by atoms with E-state index in [4.69, 9.17) is 0 Å². The Balaban J connectivity index is 1.87. The lowest BCUT2D eigenvalue weighted by Crippen LogP contribution is -2.57. The maximum Gasteiger partial charge on any atom is 0.0657 e. The van der Waals surface area contributed by atoms with Gasteiger partial charge in [0.2, 0.25) is 0 Å². The summed E-state index contributed by atoms with van der Waals surface area (Å²) in [5, 5.41) is 3.88. The summed E-state index contributed by atoms with van der Waals surface area (Å²) in [4.78, 5) is 5.21. The van der Waals surface area contributed by atoms with E-state index in [2.05, 4.69) is 49.7 Å². The summed E-state index contributed by atoms with van der Waals surface area (Å²) in [5.41, 5.74) is 0.475. The molecule has 1 N–H and O–H groups in total. The highest BCUT2D eigenvalue weighted by Crippen LogP contribution is 2.24. The zero-order chi connectivity index (χ0) is 13.4. The van der Waals surface area contributed by atoms with Crippen LogP contribution in [0.2, 0.25) is 0 Å². The minimum Gasteiger partial charge on any atom is -0.297 e. The van der Waals surface area contributed by atoms with E-state index in [-0.39, 0.29) is 5.66 Å². The van der Waals surface area contributed by atoms with Gasteiger partial charge in [0.05, 0.1) is 5.66 Å². The van der Waals surface area contributed by atoms with Crippen LogP contribution in [0, 0.1) is 0 Å². The van der Waals surface area contributed by atoms with Crippen LogP contribution in [-0.4, -0.2) is 53.2 Å². The van der Waals surface area contributed by atoms with Gasteiger partial charge >= 0.3 is 0 Å². The summed E-state index contributed by atoms with van der Waals surface area (Å²) < 4.78 is 0. The van der Waals surface area contributed by atoms with Crippen molar-refractivity contribution >= 4 is 0 Å². The number of hydrogen-bond donors (Lipinski definition) is 1. The average Bonchev–Trinajstić information content (AvgIpc) is 2.83. The minimum atomic E-state index is 0.162. The third-order valence-corrected chi connectivity index (χ3v) is 4.59. The van der Waals surface area contributed by atoms with Gasteiger partial charge in [-0.1, -0.05) is 0 Å². The van der Waals surface area contributed by atoms with Crippen LogP contribution < -0.4 is 5.32 Å². The van der Waals surface area contributed by atoms with Crippen molar-refractivity contribution < 1.29 is 0 Å². The van der Waals surface area contributed by atoms with Gasteiger partial charge in [-0.15, -0.1) is 0 Å². The zero-order valence-electron chi connectivity index (χ0n) is 12.9. The minimum absolute atomic E-state index is 0.162. The van der Waals surface area contributed by atoms with Crippen molar-refractivity contribution in [2.24, 2.45) is 0 Å². The highest BCUT2D eigenvalue weighted by molar-refractivity contribution is 4.92. The molecule has 18 heavy (non-hydrogen) atoms. The van der Waals surface area contributed by atoms with Crippen molar-refractivity contribution in [3.8, 4) is 0 Å². The van der Waals surface area contributed by atoms with E-state index in [9.17, 15) is 0 Å². The third-order valence-electron chi connectivity index (χ3n) is 4.59. The molecule has 2 saturated heterocycles. The topological polar surface area (TPSA) is 18.5 Å². The molecule has 0 bridgehead atoms. The second kappa shape index (κ2) is 5.10. The molecule has 1 unspecified atom stereocenters. The van der Waals surface area contributed by atoms with Gasteiger partial charge in [-0.25, -0.2) is 0 Å². The molecule has 2 heterocycles. The van der Waals surface area contributed by atoms with Crippen LogP contribution in [0.1, 0.15) is 53.9 Å². The second-order valence-electron chi connectivity index (χ2n) is 7.50. The van der Waals surface area contributed by atoms with Gasteiger partial charge < -0.3 is 0 Å². The van der Waals surface area contributed by atoms with Crippen LogP contribution >= 0.6 is 0 Å². The van der Waals surface area contributed by atoms with E-state index in [1.165, 1.54) is 45.4 Å². The number of nitrogens with one attached hydrogen (secondary N) is 1. The molecule has 106 valence electrons. The van der Waals surface area contributed by atoms with Crippen LogP contribution in [0.15, 0.2) is 0 Å². The van der Waals surface area contributed by atoms with Gasteiger partial charge in [0.25, 0.3) is 0 Å². The molecule has 2 aliphatic rings. The summed E-state index contributed by atoms with van der Waals surface area (Å²) in [6.45, 7) is 16.6. The Morgan fingerprint density at radius 1 is 0.889 bits per heavy atom. The largest absolute Gasteiger partial charge is 0.297 e.